The van der Waals surface area contributed by atoms with Gasteiger partial charge in [-0.2, -0.15) is 0 Å². The van der Waals surface area contributed by atoms with Crippen molar-refractivity contribution in [3.63, 3.8) is 0 Å². The van der Waals surface area contributed by atoms with Gasteiger partial charge in [-0.15, -0.1) is 0 Å². The Morgan fingerprint density at radius 1 is 1.11 bits per heavy atom. The summed E-state index contributed by atoms with van der Waals surface area (Å²) in [4.78, 5) is -1.81. The van der Waals surface area contributed by atoms with Crippen LogP contribution in [0, 0.1) is 0 Å². The number of fused-ring (bicyclic) bond motifs is 3. The van der Waals surface area contributed by atoms with Gasteiger partial charge in [0.1, 0.15) is 11.0 Å². The maximum atomic E-state index is 12.5. The van der Waals surface area contributed by atoms with Crippen LogP contribution in [0.3, 0.4) is 0 Å². The van der Waals surface area contributed by atoms with Crippen LogP contribution in [0.5, 0.6) is 0 Å². The fourth-order valence-electron chi connectivity index (χ4n) is 2.06. The second-order valence-electron chi connectivity index (χ2n) is 4.13. The van der Waals surface area contributed by atoms with E-state index in [9.17, 15) is 19.4 Å². The molecular weight excluding hydrogens is 275 g/mol. The van der Waals surface area contributed by atoms with Crippen molar-refractivity contribution in [3.05, 3.63) is 29.3 Å². The highest BCUT2D eigenvalue weighted by molar-refractivity contribution is 8.45. The van der Waals surface area contributed by atoms with Crippen LogP contribution in [0.15, 0.2) is 23.1 Å². The molecule has 0 spiro atoms. The molecule has 2 unspecified atom stereocenters. The molecule has 1 nitrogen and oxygen atoms in total. The number of benzene rings is 1. The Kier molecular flexibility index (Phi) is 2.41. The van der Waals surface area contributed by atoms with Gasteiger partial charge in [0.05, 0.1) is 6.10 Å². The second kappa shape index (κ2) is 3.19. The highest BCUT2D eigenvalue weighted by Gasteiger charge is 2.65. The highest BCUT2D eigenvalue weighted by atomic mass is 32.5. The van der Waals surface area contributed by atoms with E-state index in [0.717, 1.165) is 6.07 Å². The van der Waals surface area contributed by atoms with E-state index in [1.54, 1.807) is 0 Å². The molecule has 104 valence electrons. The minimum Gasteiger partial charge on any atom is -0.364 e. The van der Waals surface area contributed by atoms with E-state index in [2.05, 4.69) is 0 Å². The molecule has 0 bridgehead atoms. The summed E-state index contributed by atoms with van der Waals surface area (Å²) in [6.45, 7) is 4.00. The van der Waals surface area contributed by atoms with Gasteiger partial charge in [0.15, 0.2) is 0 Å². The van der Waals surface area contributed by atoms with Gasteiger partial charge in [-0.3, -0.25) is 0 Å². The van der Waals surface area contributed by atoms with E-state index in [-0.39, 0.29) is 12.2 Å². The van der Waals surface area contributed by atoms with Gasteiger partial charge in [0, 0.05) is 6.42 Å². The lowest BCUT2D eigenvalue weighted by Gasteiger charge is -2.40. The fourth-order valence-corrected chi connectivity index (χ4v) is 2.76. The third-order valence-electron chi connectivity index (χ3n) is 2.87. The molecule has 0 N–H and O–H groups in total. The number of rotatable bonds is 1. The topological polar surface area (TPSA) is 12.5 Å². The molecule has 2 atom stereocenters. The van der Waals surface area contributed by atoms with Crippen LogP contribution in [0.2, 0.25) is 0 Å². The molecule has 1 heterocycles. The van der Waals surface area contributed by atoms with Gasteiger partial charge in [-0.25, -0.2) is 0 Å². The zero-order valence-electron chi connectivity index (χ0n) is 9.80. The summed E-state index contributed by atoms with van der Waals surface area (Å²) in [5.41, 5.74) is 0.933. The van der Waals surface area contributed by atoms with Crippen LogP contribution in [-0.4, -0.2) is 6.10 Å². The average molecular weight is 288 g/mol. The van der Waals surface area contributed by atoms with Crippen molar-refractivity contribution < 1.29 is 24.2 Å². The van der Waals surface area contributed by atoms with E-state index in [1.165, 1.54) is 0 Å². The molecule has 1 aliphatic carbocycles. The molecular formula is C11H13F5OS. The van der Waals surface area contributed by atoms with Crippen molar-refractivity contribution >= 4 is 10.2 Å². The minimum absolute atomic E-state index is 0.108. The predicted molar refractivity (Wildman–Crippen MR) is 60.5 cm³/mol. The molecule has 0 aromatic heterocycles. The van der Waals surface area contributed by atoms with Crippen LogP contribution in [0.25, 0.3) is 0 Å². The summed E-state index contributed by atoms with van der Waals surface area (Å²) in [7, 11) is -9.53. The Morgan fingerprint density at radius 3 is 2.28 bits per heavy atom. The second-order valence-corrected chi connectivity index (χ2v) is 6.54. The maximum Gasteiger partial charge on any atom is 0.310 e. The molecule has 7 heteroatoms. The molecule has 0 radical (unpaired) electrons. The number of ether oxygens (including phenoxy) is 1. The van der Waals surface area contributed by atoms with Crippen molar-refractivity contribution in [2.75, 3.05) is 0 Å². The van der Waals surface area contributed by atoms with Crippen LogP contribution >= 0.6 is 10.2 Å². The summed E-state index contributed by atoms with van der Waals surface area (Å²) in [6, 6.07) is 2.11. The first-order chi connectivity index (χ1) is 8.04. The Balaban J connectivity index is 0.000000574. The lowest BCUT2D eigenvalue weighted by Crippen LogP contribution is -2.07. The summed E-state index contributed by atoms with van der Waals surface area (Å²) >= 11 is 0. The van der Waals surface area contributed by atoms with Crippen molar-refractivity contribution in [1.29, 1.82) is 0 Å². The van der Waals surface area contributed by atoms with Gasteiger partial charge in [0.2, 0.25) is 0 Å². The number of halogens is 5. The Morgan fingerprint density at radius 2 is 1.72 bits per heavy atom. The first-order valence-electron chi connectivity index (χ1n) is 5.57. The first kappa shape index (κ1) is 13.6. The Bertz CT molecular complexity index is 495. The van der Waals surface area contributed by atoms with E-state index in [0.29, 0.717) is 29.7 Å². The molecule has 18 heavy (non-hydrogen) atoms. The summed E-state index contributed by atoms with van der Waals surface area (Å²) in [6.07, 6.45) is 0.00754. The number of hydrogen-bond donors (Lipinski definition) is 0. The van der Waals surface area contributed by atoms with Gasteiger partial charge < -0.3 is 4.74 Å². The van der Waals surface area contributed by atoms with Crippen LogP contribution < -0.4 is 0 Å². The molecule has 1 aliphatic heterocycles. The normalized spacial score (nSPS) is 28.2. The van der Waals surface area contributed by atoms with Gasteiger partial charge in [-0.1, -0.05) is 39.3 Å². The minimum atomic E-state index is -9.53. The van der Waals surface area contributed by atoms with E-state index in [1.807, 2.05) is 13.8 Å². The smallest absolute Gasteiger partial charge is 0.310 e. The monoisotopic (exact) mass is 288 g/mol. The zero-order valence-corrected chi connectivity index (χ0v) is 10.6. The highest BCUT2D eigenvalue weighted by Crippen LogP contribution is 3.02. The van der Waals surface area contributed by atoms with Crippen molar-refractivity contribution in [3.8, 4) is 0 Å². The molecule has 1 aromatic rings. The van der Waals surface area contributed by atoms with Crippen LogP contribution in [0.1, 0.15) is 31.1 Å². The zero-order chi connectivity index (χ0) is 13.8. The summed E-state index contributed by atoms with van der Waals surface area (Å²) in [5, 5.41) is 0. The molecule has 1 aromatic carbocycles. The molecule has 3 rings (SSSR count). The van der Waals surface area contributed by atoms with Crippen molar-refractivity contribution in [2.24, 2.45) is 0 Å². The summed E-state index contributed by atoms with van der Waals surface area (Å²) < 4.78 is 67.6. The lowest BCUT2D eigenvalue weighted by atomic mass is 10.1. The summed E-state index contributed by atoms with van der Waals surface area (Å²) in [5.74, 6) is 0. The molecule has 1 saturated heterocycles. The molecule has 0 amide bonds. The largest absolute Gasteiger partial charge is 0.364 e. The fraction of sp³-hybridized carbons (Fsp3) is 0.455. The van der Waals surface area contributed by atoms with Crippen LogP contribution in [-0.2, 0) is 11.2 Å². The number of epoxide rings is 1. The van der Waals surface area contributed by atoms with E-state index >= 15 is 0 Å². The van der Waals surface area contributed by atoms with E-state index < -0.39 is 15.1 Å². The Labute approximate surface area is 102 Å². The van der Waals surface area contributed by atoms with E-state index in [4.69, 9.17) is 4.74 Å². The van der Waals surface area contributed by atoms with Gasteiger partial charge in [-0.05, 0) is 23.3 Å². The predicted octanol–water partition coefficient (Wildman–Crippen LogP) is 5.37. The SMILES string of the molecule is CC.FS(F)(F)(F)(F)c1ccc2c(c1)CC1OC21. The quantitative estimate of drug-likeness (QED) is 0.500. The molecule has 0 saturated carbocycles. The van der Waals surface area contributed by atoms with Crippen molar-refractivity contribution in [1.82, 2.24) is 0 Å². The van der Waals surface area contributed by atoms with Crippen molar-refractivity contribution in [2.45, 2.75) is 37.4 Å². The Hall–Kier alpha value is -0.820. The van der Waals surface area contributed by atoms with Gasteiger partial charge >= 0.3 is 10.2 Å². The third kappa shape index (κ3) is 2.33. The lowest BCUT2D eigenvalue weighted by molar-refractivity contribution is 0.356. The maximum absolute atomic E-state index is 12.5. The third-order valence-corrected chi connectivity index (χ3v) is 4.01. The molecule has 1 fully saturated rings. The molecule has 2 aliphatic rings. The standard InChI is InChI=1S/C9H7F5OS.C2H6/c10-16(11,12,13,14)6-1-2-7-5(3-6)4-8-9(7)15-8;1-2/h1-3,8-9H,4H2;1-2H3. The van der Waals surface area contributed by atoms with Gasteiger partial charge in [0.25, 0.3) is 0 Å². The first-order valence-corrected chi connectivity index (χ1v) is 7.52. The average Bonchev–Trinajstić information content (AvgIpc) is 2.90. The van der Waals surface area contributed by atoms with Crippen LogP contribution in [0.4, 0.5) is 19.4 Å². The number of hydrogen-bond acceptors (Lipinski definition) is 1.